The molecule has 2 heteroatoms. The molecule has 0 N–H and O–H groups in total. The standard InChI is InChI=1S/C39H24ClN/c40-36-24-35-38(31-19-7-6-18-30(31)36)41(26-13-2-1-3-14-26)37-27-15-5-4-12-25(27)22-23-34(37)39(35)32-20-10-8-16-28(32)29-17-9-11-21-33(29)39/h1-24H. The van der Waals surface area contributed by atoms with Gasteiger partial charge in [-0.1, -0.05) is 139 Å². The van der Waals surface area contributed by atoms with Crippen molar-refractivity contribution in [2.75, 3.05) is 4.90 Å². The molecule has 7 aromatic carbocycles. The maximum Gasteiger partial charge on any atom is 0.0755 e. The minimum absolute atomic E-state index is 0.527. The lowest BCUT2D eigenvalue weighted by molar-refractivity contribution is 0.756. The molecule has 0 unspecified atom stereocenters. The van der Waals surface area contributed by atoms with Crippen LogP contribution in [0.15, 0.2) is 146 Å². The van der Waals surface area contributed by atoms with Crippen molar-refractivity contribution in [3.8, 4) is 11.1 Å². The Morgan fingerprint density at radius 1 is 0.439 bits per heavy atom. The van der Waals surface area contributed by atoms with Gasteiger partial charge in [-0.25, -0.2) is 0 Å². The van der Waals surface area contributed by atoms with Gasteiger partial charge in [0.05, 0.1) is 16.8 Å². The molecule has 0 fully saturated rings. The monoisotopic (exact) mass is 541 g/mol. The summed E-state index contributed by atoms with van der Waals surface area (Å²) in [7, 11) is 0. The Kier molecular flexibility index (Phi) is 4.66. The van der Waals surface area contributed by atoms with Gasteiger partial charge in [0.15, 0.2) is 0 Å². The zero-order chi connectivity index (χ0) is 27.1. The molecule has 41 heavy (non-hydrogen) atoms. The van der Waals surface area contributed by atoms with Crippen molar-refractivity contribution in [3.05, 3.63) is 173 Å². The smallest absolute Gasteiger partial charge is 0.0755 e. The highest BCUT2D eigenvalue weighted by atomic mass is 35.5. The van der Waals surface area contributed by atoms with E-state index in [2.05, 4.69) is 150 Å². The average molecular weight is 542 g/mol. The molecule has 0 saturated heterocycles. The van der Waals surface area contributed by atoms with Crippen LogP contribution >= 0.6 is 11.6 Å². The Balaban J connectivity index is 1.58. The fourth-order valence-electron chi connectivity index (χ4n) is 7.55. The molecule has 0 radical (unpaired) electrons. The first-order valence-corrected chi connectivity index (χ1v) is 14.4. The van der Waals surface area contributed by atoms with Gasteiger partial charge in [-0.15, -0.1) is 0 Å². The lowest BCUT2D eigenvalue weighted by atomic mass is 9.63. The van der Waals surface area contributed by atoms with E-state index in [4.69, 9.17) is 11.6 Å². The van der Waals surface area contributed by atoms with Crippen molar-refractivity contribution < 1.29 is 0 Å². The first kappa shape index (κ1) is 22.9. The first-order valence-electron chi connectivity index (χ1n) is 14.1. The zero-order valence-electron chi connectivity index (χ0n) is 22.2. The van der Waals surface area contributed by atoms with E-state index in [1.165, 1.54) is 55.5 Å². The third-order valence-corrected chi connectivity index (χ3v) is 9.40. The highest BCUT2D eigenvalue weighted by molar-refractivity contribution is 6.36. The van der Waals surface area contributed by atoms with E-state index in [0.29, 0.717) is 0 Å². The Bertz CT molecular complexity index is 2130. The second-order valence-corrected chi connectivity index (χ2v) is 11.4. The number of fused-ring (bicyclic) bond motifs is 13. The second-order valence-electron chi connectivity index (χ2n) is 11.0. The van der Waals surface area contributed by atoms with Crippen LogP contribution in [0.3, 0.4) is 0 Å². The van der Waals surface area contributed by atoms with Crippen molar-refractivity contribution in [1.82, 2.24) is 0 Å². The molecule has 1 aliphatic heterocycles. The molecule has 1 spiro atoms. The Hall–Kier alpha value is -4.85. The van der Waals surface area contributed by atoms with Crippen LogP contribution in [0.4, 0.5) is 17.1 Å². The zero-order valence-corrected chi connectivity index (χ0v) is 22.9. The van der Waals surface area contributed by atoms with Gasteiger partial charge in [0, 0.05) is 26.9 Å². The minimum atomic E-state index is -0.527. The molecule has 0 amide bonds. The molecule has 0 aromatic heterocycles. The van der Waals surface area contributed by atoms with Crippen LogP contribution in [0, 0.1) is 0 Å². The van der Waals surface area contributed by atoms with Gasteiger partial charge in [-0.2, -0.15) is 0 Å². The van der Waals surface area contributed by atoms with Gasteiger partial charge >= 0.3 is 0 Å². The number of nitrogens with zero attached hydrogens (tertiary/aromatic N) is 1. The number of hydrogen-bond acceptors (Lipinski definition) is 1. The fourth-order valence-corrected chi connectivity index (χ4v) is 7.82. The average Bonchev–Trinajstić information content (AvgIpc) is 3.33. The number of para-hydroxylation sites is 1. The largest absolute Gasteiger partial charge is 0.309 e. The molecule has 192 valence electrons. The van der Waals surface area contributed by atoms with Crippen molar-refractivity contribution in [1.29, 1.82) is 0 Å². The fraction of sp³-hybridized carbons (Fsp3) is 0.0256. The van der Waals surface area contributed by atoms with Crippen LogP contribution in [-0.4, -0.2) is 0 Å². The topological polar surface area (TPSA) is 3.24 Å². The summed E-state index contributed by atoms with van der Waals surface area (Å²) in [4.78, 5) is 2.49. The van der Waals surface area contributed by atoms with Crippen molar-refractivity contribution >= 4 is 50.2 Å². The van der Waals surface area contributed by atoms with Crippen LogP contribution in [0.25, 0.3) is 32.7 Å². The molecule has 2 aliphatic rings. The van der Waals surface area contributed by atoms with Crippen molar-refractivity contribution in [2.24, 2.45) is 0 Å². The molecule has 7 aromatic rings. The molecule has 1 nitrogen and oxygen atoms in total. The van der Waals surface area contributed by atoms with Gasteiger partial charge in [0.1, 0.15) is 0 Å². The molecular formula is C39H24ClN. The summed E-state index contributed by atoms with van der Waals surface area (Å²) in [5, 5.41) is 5.45. The van der Waals surface area contributed by atoms with E-state index in [1.807, 2.05) is 0 Å². The minimum Gasteiger partial charge on any atom is -0.309 e. The first-order chi connectivity index (χ1) is 20.3. The molecule has 1 heterocycles. The maximum absolute atomic E-state index is 7.21. The lowest BCUT2D eigenvalue weighted by Crippen LogP contribution is -2.36. The molecule has 0 atom stereocenters. The predicted octanol–water partition coefficient (Wildman–Crippen LogP) is 10.8. The van der Waals surface area contributed by atoms with Crippen LogP contribution in [0.5, 0.6) is 0 Å². The van der Waals surface area contributed by atoms with E-state index in [1.54, 1.807) is 0 Å². The SMILES string of the molecule is Clc1cc2c(c3ccccc13)N(c1ccccc1)c1c(ccc3ccccc13)C21c2ccccc2-c2ccccc21. The summed E-state index contributed by atoms with van der Waals surface area (Å²) in [5.41, 5.74) is 10.7. The third kappa shape index (κ3) is 2.86. The summed E-state index contributed by atoms with van der Waals surface area (Å²) in [6, 6.07) is 52.9. The summed E-state index contributed by atoms with van der Waals surface area (Å²) >= 11 is 7.21. The van der Waals surface area contributed by atoms with E-state index < -0.39 is 5.41 Å². The summed E-state index contributed by atoms with van der Waals surface area (Å²) in [6.07, 6.45) is 0. The highest BCUT2D eigenvalue weighted by Crippen LogP contribution is 2.65. The van der Waals surface area contributed by atoms with Crippen LogP contribution < -0.4 is 4.90 Å². The predicted molar refractivity (Wildman–Crippen MR) is 172 cm³/mol. The number of halogens is 1. The van der Waals surface area contributed by atoms with E-state index in [-0.39, 0.29) is 0 Å². The number of benzene rings is 7. The van der Waals surface area contributed by atoms with E-state index >= 15 is 0 Å². The number of anilines is 3. The molecule has 1 aliphatic carbocycles. The van der Waals surface area contributed by atoms with Crippen molar-refractivity contribution in [2.45, 2.75) is 5.41 Å². The molecule has 0 bridgehead atoms. The van der Waals surface area contributed by atoms with E-state index in [0.717, 1.165) is 21.5 Å². The summed E-state index contributed by atoms with van der Waals surface area (Å²) in [5.74, 6) is 0. The van der Waals surface area contributed by atoms with Crippen molar-refractivity contribution in [3.63, 3.8) is 0 Å². The quantitative estimate of drug-likeness (QED) is 0.200. The Morgan fingerprint density at radius 2 is 1.00 bits per heavy atom. The molecule has 9 rings (SSSR count). The lowest BCUT2D eigenvalue weighted by Gasteiger charge is -2.46. The Labute approximate surface area is 243 Å². The van der Waals surface area contributed by atoms with Crippen LogP contribution in [-0.2, 0) is 5.41 Å². The van der Waals surface area contributed by atoms with Gasteiger partial charge in [-0.3, -0.25) is 0 Å². The van der Waals surface area contributed by atoms with Gasteiger partial charge in [-0.05, 0) is 57.0 Å². The maximum atomic E-state index is 7.21. The van der Waals surface area contributed by atoms with Gasteiger partial charge in [0.2, 0.25) is 0 Å². The van der Waals surface area contributed by atoms with Crippen LogP contribution in [0.2, 0.25) is 5.02 Å². The van der Waals surface area contributed by atoms with E-state index in [9.17, 15) is 0 Å². The second kappa shape index (κ2) is 8.33. The number of rotatable bonds is 1. The highest BCUT2D eigenvalue weighted by Gasteiger charge is 2.52. The van der Waals surface area contributed by atoms with Gasteiger partial charge in [0.25, 0.3) is 0 Å². The third-order valence-electron chi connectivity index (χ3n) is 9.09. The normalized spacial score (nSPS) is 14.1. The summed E-state index contributed by atoms with van der Waals surface area (Å²) in [6.45, 7) is 0. The Morgan fingerprint density at radius 3 is 1.73 bits per heavy atom. The molecule has 0 saturated carbocycles. The van der Waals surface area contributed by atoms with Crippen LogP contribution in [0.1, 0.15) is 22.3 Å². The number of hydrogen-bond donors (Lipinski definition) is 0. The molecular weight excluding hydrogens is 518 g/mol. The summed E-state index contributed by atoms with van der Waals surface area (Å²) < 4.78 is 0. The van der Waals surface area contributed by atoms with Gasteiger partial charge < -0.3 is 4.90 Å².